The molecule has 2 heterocycles. The molecule has 2 aromatic rings. The maximum atomic E-state index is 4.44. The molecule has 20 heavy (non-hydrogen) atoms. The van der Waals surface area contributed by atoms with E-state index >= 15 is 0 Å². The first-order valence-corrected chi connectivity index (χ1v) is 7.70. The summed E-state index contributed by atoms with van der Waals surface area (Å²) in [5.74, 6) is 1.31. The smallest absolute Gasteiger partial charge is 0.202 e. The molecule has 0 aromatic carbocycles. The Labute approximate surface area is 124 Å². The van der Waals surface area contributed by atoms with Crippen LogP contribution in [-0.2, 0) is 6.54 Å². The normalized spacial score (nSPS) is 10.9. The van der Waals surface area contributed by atoms with Crippen LogP contribution in [0.4, 0.5) is 5.13 Å². The molecule has 0 aliphatic heterocycles. The lowest BCUT2D eigenvalue weighted by Crippen LogP contribution is -2.17. The summed E-state index contributed by atoms with van der Waals surface area (Å²) in [7, 11) is 0. The van der Waals surface area contributed by atoms with Crippen molar-refractivity contribution in [3.8, 4) is 0 Å². The molecule has 6 heteroatoms. The first-order valence-electron chi connectivity index (χ1n) is 6.93. The first kappa shape index (κ1) is 14.9. The second kappa shape index (κ2) is 7.91. The Morgan fingerprint density at radius 2 is 2.20 bits per heavy atom. The van der Waals surface area contributed by atoms with Gasteiger partial charge in [-0.15, -0.1) is 0 Å². The molecule has 0 spiro atoms. The second-order valence-electron chi connectivity index (χ2n) is 4.93. The summed E-state index contributed by atoms with van der Waals surface area (Å²) >= 11 is 1.44. The number of nitrogens with one attached hydrogen (secondary N) is 2. The fourth-order valence-electron chi connectivity index (χ4n) is 1.69. The number of aromatic nitrogens is 3. The van der Waals surface area contributed by atoms with E-state index in [0.29, 0.717) is 5.92 Å². The van der Waals surface area contributed by atoms with Crippen LogP contribution in [-0.4, -0.2) is 27.4 Å². The van der Waals surface area contributed by atoms with Gasteiger partial charge in [-0.1, -0.05) is 19.9 Å². The quantitative estimate of drug-likeness (QED) is 0.732. The molecular weight excluding hydrogens is 270 g/mol. The predicted octanol–water partition coefficient (Wildman–Crippen LogP) is 2.65. The molecule has 0 amide bonds. The number of hydrogen-bond acceptors (Lipinski definition) is 6. The molecule has 108 valence electrons. The van der Waals surface area contributed by atoms with Crippen LogP contribution in [0.3, 0.4) is 0 Å². The van der Waals surface area contributed by atoms with Gasteiger partial charge in [0.2, 0.25) is 5.13 Å². The van der Waals surface area contributed by atoms with Gasteiger partial charge in [0.25, 0.3) is 0 Å². The Hall–Kier alpha value is -1.53. The zero-order valence-electron chi connectivity index (χ0n) is 12.0. The molecular formula is C14H21N5S. The Kier molecular flexibility index (Phi) is 5.88. The first-order chi connectivity index (χ1) is 9.75. The Balaban J connectivity index is 1.57. The number of hydrogen-bond donors (Lipinski definition) is 2. The molecule has 0 saturated heterocycles. The minimum Gasteiger partial charge on any atom is -0.360 e. The van der Waals surface area contributed by atoms with Gasteiger partial charge in [0, 0.05) is 42.9 Å². The van der Waals surface area contributed by atoms with Crippen molar-refractivity contribution in [2.45, 2.75) is 32.7 Å². The van der Waals surface area contributed by atoms with Crippen LogP contribution in [0.1, 0.15) is 37.6 Å². The highest BCUT2D eigenvalue weighted by molar-refractivity contribution is 7.09. The van der Waals surface area contributed by atoms with E-state index in [1.807, 2.05) is 12.3 Å². The van der Waals surface area contributed by atoms with Crippen LogP contribution >= 0.6 is 11.5 Å². The summed E-state index contributed by atoms with van der Waals surface area (Å²) in [6.45, 7) is 6.96. The summed E-state index contributed by atoms with van der Waals surface area (Å²) in [5.41, 5.74) is 1.21. The van der Waals surface area contributed by atoms with Crippen molar-refractivity contribution >= 4 is 16.7 Å². The van der Waals surface area contributed by atoms with E-state index in [1.54, 1.807) is 6.20 Å². The van der Waals surface area contributed by atoms with Crippen LogP contribution in [0, 0.1) is 0 Å². The van der Waals surface area contributed by atoms with Crippen LogP contribution in [0.5, 0.6) is 0 Å². The minimum absolute atomic E-state index is 0.392. The molecule has 2 N–H and O–H groups in total. The van der Waals surface area contributed by atoms with Gasteiger partial charge in [-0.05, 0) is 24.6 Å². The van der Waals surface area contributed by atoms with Crippen molar-refractivity contribution in [2.24, 2.45) is 0 Å². The van der Waals surface area contributed by atoms with Gasteiger partial charge in [-0.3, -0.25) is 4.98 Å². The number of nitrogens with zero attached hydrogens (tertiary/aromatic N) is 3. The van der Waals surface area contributed by atoms with Crippen LogP contribution in [0.2, 0.25) is 0 Å². The topological polar surface area (TPSA) is 62.7 Å². The third-order valence-electron chi connectivity index (χ3n) is 2.82. The Morgan fingerprint density at radius 1 is 1.30 bits per heavy atom. The van der Waals surface area contributed by atoms with Crippen LogP contribution < -0.4 is 10.6 Å². The van der Waals surface area contributed by atoms with Gasteiger partial charge in [0.1, 0.15) is 5.82 Å². The highest BCUT2D eigenvalue weighted by atomic mass is 32.1. The summed E-state index contributed by atoms with van der Waals surface area (Å²) in [6, 6.07) is 4.03. The van der Waals surface area contributed by atoms with Crippen molar-refractivity contribution in [1.82, 2.24) is 19.7 Å². The average Bonchev–Trinajstić information content (AvgIpc) is 2.93. The average molecular weight is 291 g/mol. The predicted molar refractivity (Wildman–Crippen MR) is 83.0 cm³/mol. The standard InChI is InChI=1S/C14H21N5S/c1-11(2)13-18-14(20-19-13)17-8-4-7-16-10-12-5-3-6-15-9-12/h3,5-6,9,11,16H,4,7-8,10H2,1-2H3,(H,17,18,19). The molecule has 5 nitrogen and oxygen atoms in total. The third kappa shape index (κ3) is 4.86. The summed E-state index contributed by atoms with van der Waals surface area (Å²) in [6.07, 6.45) is 4.73. The van der Waals surface area contributed by atoms with E-state index < -0.39 is 0 Å². The van der Waals surface area contributed by atoms with Gasteiger partial charge in [0.15, 0.2) is 0 Å². The van der Waals surface area contributed by atoms with E-state index in [4.69, 9.17) is 0 Å². The highest BCUT2D eigenvalue weighted by Gasteiger charge is 2.06. The summed E-state index contributed by atoms with van der Waals surface area (Å²) in [5, 5.41) is 7.63. The van der Waals surface area contributed by atoms with Gasteiger partial charge in [-0.25, -0.2) is 4.98 Å². The fourth-order valence-corrected chi connectivity index (χ4v) is 2.42. The van der Waals surface area contributed by atoms with Gasteiger partial charge in [0.05, 0.1) is 0 Å². The molecule has 2 aromatic heterocycles. The van der Waals surface area contributed by atoms with Crippen molar-refractivity contribution in [1.29, 1.82) is 0 Å². The van der Waals surface area contributed by atoms with E-state index in [0.717, 1.165) is 37.0 Å². The van der Waals surface area contributed by atoms with E-state index in [-0.39, 0.29) is 0 Å². The summed E-state index contributed by atoms with van der Waals surface area (Å²) in [4.78, 5) is 8.53. The number of rotatable bonds is 8. The SMILES string of the molecule is CC(C)c1nsc(NCCCNCc2cccnc2)n1. The number of pyridine rings is 1. The van der Waals surface area contributed by atoms with Gasteiger partial charge >= 0.3 is 0 Å². The lowest BCUT2D eigenvalue weighted by molar-refractivity contribution is 0.661. The molecule has 2 rings (SSSR count). The molecule has 0 bridgehead atoms. The molecule has 0 aliphatic rings. The summed E-state index contributed by atoms with van der Waals surface area (Å²) < 4.78 is 4.32. The molecule has 0 radical (unpaired) electrons. The monoisotopic (exact) mass is 291 g/mol. The largest absolute Gasteiger partial charge is 0.360 e. The maximum absolute atomic E-state index is 4.44. The van der Waals surface area contributed by atoms with E-state index in [2.05, 4.69) is 44.9 Å². The third-order valence-corrected chi connectivity index (χ3v) is 3.50. The van der Waals surface area contributed by atoms with Crippen LogP contribution in [0.25, 0.3) is 0 Å². The van der Waals surface area contributed by atoms with Gasteiger partial charge < -0.3 is 10.6 Å². The minimum atomic E-state index is 0.392. The van der Waals surface area contributed by atoms with Crippen molar-refractivity contribution < 1.29 is 0 Å². The Bertz CT molecular complexity index is 497. The fraction of sp³-hybridized carbons (Fsp3) is 0.500. The molecule has 0 aliphatic carbocycles. The molecule has 0 fully saturated rings. The zero-order valence-corrected chi connectivity index (χ0v) is 12.8. The molecule has 0 unspecified atom stereocenters. The van der Waals surface area contributed by atoms with Crippen LogP contribution in [0.15, 0.2) is 24.5 Å². The van der Waals surface area contributed by atoms with E-state index in [9.17, 15) is 0 Å². The lowest BCUT2D eigenvalue weighted by atomic mass is 10.2. The van der Waals surface area contributed by atoms with Crippen molar-refractivity contribution in [3.05, 3.63) is 35.9 Å². The zero-order chi connectivity index (χ0) is 14.2. The highest BCUT2D eigenvalue weighted by Crippen LogP contribution is 2.16. The second-order valence-corrected chi connectivity index (χ2v) is 5.68. The number of anilines is 1. The van der Waals surface area contributed by atoms with Gasteiger partial charge in [-0.2, -0.15) is 4.37 Å². The van der Waals surface area contributed by atoms with E-state index in [1.165, 1.54) is 17.1 Å². The van der Waals surface area contributed by atoms with Crippen molar-refractivity contribution in [2.75, 3.05) is 18.4 Å². The molecule has 0 atom stereocenters. The maximum Gasteiger partial charge on any atom is 0.202 e. The molecule has 0 saturated carbocycles. The lowest BCUT2D eigenvalue weighted by Gasteiger charge is -2.05. The van der Waals surface area contributed by atoms with Crippen molar-refractivity contribution in [3.63, 3.8) is 0 Å². The Morgan fingerprint density at radius 3 is 2.90 bits per heavy atom.